The second-order valence-corrected chi connectivity index (χ2v) is 13.3. The van der Waals surface area contributed by atoms with Gasteiger partial charge in [-0.2, -0.15) is 23.1 Å². The number of anilines is 2. The second kappa shape index (κ2) is 11.5. The van der Waals surface area contributed by atoms with Gasteiger partial charge in [0.05, 0.1) is 22.7 Å². The first kappa shape index (κ1) is 31.4. The van der Waals surface area contributed by atoms with Crippen LogP contribution in [0.15, 0.2) is 12.1 Å². The number of nitrogens with zero attached hydrogens (tertiary/aromatic N) is 5. The maximum atomic E-state index is 16.8. The third kappa shape index (κ3) is 5.35. The number of nitrogens with two attached hydrogens (primary N) is 1. The minimum Gasteiger partial charge on any atom is -0.477 e. The Morgan fingerprint density at radius 3 is 2.72 bits per heavy atom. The molecule has 15 heteroatoms. The first-order valence-electron chi connectivity index (χ1n) is 15.6. The number of ether oxygens (including phenoxy) is 2. The standard InChI is InChI=1S/C31H35ClF5N7O2/c1-39-8-3-10-44-26-21-25(41-28(42-26)46-16-30-4-2-9-43(30)15-17(33)14-30)23(34)24(40-27(21)45-11-7-29(44)5-6-29)19-12-18(38)13-20(32)22(19)31(35,36)37/h12-13,17,39H,2-11,14-16,38H2,1H3/t17-,30+/m1/s1. The third-order valence-electron chi connectivity index (χ3n) is 9.86. The summed E-state index contributed by atoms with van der Waals surface area (Å²) in [6.07, 6.45) is -0.880. The Labute approximate surface area is 267 Å². The summed E-state index contributed by atoms with van der Waals surface area (Å²) in [6.45, 7) is 2.67. The number of aromatic nitrogens is 3. The van der Waals surface area contributed by atoms with Crippen LogP contribution in [0.3, 0.4) is 0 Å². The molecule has 2 aromatic heterocycles. The molecule has 1 aliphatic carbocycles. The fourth-order valence-corrected chi connectivity index (χ4v) is 7.85. The monoisotopic (exact) mass is 667 g/mol. The van der Waals surface area contributed by atoms with Gasteiger partial charge in [0, 0.05) is 42.7 Å². The molecule has 2 atom stereocenters. The summed E-state index contributed by atoms with van der Waals surface area (Å²) in [7, 11) is 1.85. The van der Waals surface area contributed by atoms with Crippen LogP contribution >= 0.6 is 11.6 Å². The number of pyridine rings is 1. The highest BCUT2D eigenvalue weighted by molar-refractivity contribution is 6.32. The predicted molar refractivity (Wildman–Crippen MR) is 164 cm³/mol. The van der Waals surface area contributed by atoms with Crippen LogP contribution in [-0.2, 0) is 6.18 Å². The Morgan fingerprint density at radius 2 is 1.98 bits per heavy atom. The molecule has 3 aliphatic heterocycles. The van der Waals surface area contributed by atoms with E-state index in [0.29, 0.717) is 31.7 Å². The lowest BCUT2D eigenvalue weighted by Crippen LogP contribution is -2.44. The van der Waals surface area contributed by atoms with E-state index in [2.05, 4.69) is 25.1 Å². The average molecular weight is 668 g/mol. The van der Waals surface area contributed by atoms with Crippen LogP contribution in [0, 0.1) is 5.82 Å². The van der Waals surface area contributed by atoms with Gasteiger partial charge in [0.1, 0.15) is 35.2 Å². The Kier molecular flexibility index (Phi) is 7.83. The zero-order valence-corrected chi connectivity index (χ0v) is 26.1. The molecule has 3 N–H and O–H groups in total. The van der Waals surface area contributed by atoms with Crippen molar-refractivity contribution in [3.63, 3.8) is 0 Å². The second-order valence-electron chi connectivity index (χ2n) is 12.9. The first-order valence-corrected chi connectivity index (χ1v) is 16.0. The zero-order valence-electron chi connectivity index (χ0n) is 25.3. The van der Waals surface area contributed by atoms with Gasteiger partial charge in [-0.1, -0.05) is 11.6 Å². The number of nitrogen functional groups attached to an aromatic ring is 1. The van der Waals surface area contributed by atoms with Gasteiger partial charge in [-0.25, -0.2) is 13.8 Å². The molecule has 1 aromatic carbocycles. The Hall–Kier alpha value is -3.23. The van der Waals surface area contributed by atoms with E-state index >= 15 is 4.39 Å². The lowest BCUT2D eigenvalue weighted by Gasteiger charge is -2.36. The minimum absolute atomic E-state index is 0.0923. The first-order chi connectivity index (χ1) is 21.9. The van der Waals surface area contributed by atoms with E-state index in [-0.39, 0.29) is 47.2 Å². The van der Waals surface area contributed by atoms with Crippen LogP contribution in [-0.4, -0.2) is 83.5 Å². The van der Waals surface area contributed by atoms with Crippen molar-refractivity contribution in [3.05, 3.63) is 28.5 Å². The predicted octanol–water partition coefficient (Wildman–Crippen LogP) is 5.77. The Morgan fingerprint density at radius 1 is 1.17 bits per heavy atom. The van der Waals surface area contributed by atoms with Gasteiger partial charge in [0.15, 0.2) is 5.82 Å². The van der Waals surface area contributed by atoms with Crippen LogP contribution in [0.4, 0.5) is 33.5 Å². The molecule has 7 rings (SSSR count). The Bertz CT molecular complexity index is 1670. The minimum atomic E-state index is -4.94. The van der Waals surface area contributed by atoms with Crippen LogP contribution in [0.25, 0.3) is 22.2 Å². The molecule has 2 saturated heterocycles. The third-order valence-corrected chi connectivity index (χ3v) is 10.2. The van der Waals surface area contributed by atoms with E-state index in [1.54, 1.807) is 0 Å². The molecule has 0 amide bonds. The van der Waals surface area contributed by atoms with Crippen LogP contribution in [0.1, 0.15) is 50.5 Å². The maximum Gasteiger partial charge on any atom is 0.418 e. The Balaban J connectivity index is 1.42. The van der Waals surface area contributed by atoms with E-state index in [0.717, 1.165) is 57.3 Å². The largest absolute Gasteiger partial charge is 0.477 e. The SMILES string of the molecule is CNCCCN1c2nc(OC[C@@]34CCCN3C[C@H](F)C4)nc3c(F)c(-c4cc(N)cc(Cl)c4C(F)(F)F)nc(c23)OCCC12CC2. The topological polar surface area (TPSA) is 102 Å². The van der Waals surface area contributed by atoms with E-state index in [4.69, 9.17) is 31.8 Å². The number of benzene rings is 1. The number of hydrogen-bond acceptors (Lipinski definition) is 9. The molecule has 9 nitrogen and oxygen atoms in total. The van der Waals surface area contributed by atoms with Crippen molar-refractivity contribution in [1.29, 1.82) is 0 Å². The fraction of sp³-hybridized carbons (Fsp3) is 0.581. The van der Waals surface area contributed by atoms with Crippen molar-refractivity contribution >= 4 is 34.0 Å². The van der Waals surface area contributed by atoms with Gasteiger partial charge in [0.2, 0.25) is 5.88 Å². The van der Waals surface area contributed by atoms with Gasteiger partial charge < -0.3 is 25.4 Å². The quantitative estimate of drug-likeness (QED) is 0.176. The zero-order chi connectivity index (χ0) is 32.4. The van der Waals surface area contributed by atoms with Gasteiger partial charge in [-0.15, -0.1) is 0 Å². The highest BCUT2D eigenvalue weighted by Gasteiger charge is 2.51. The van der Waals surface area contributed by atoms with Crippen molar-refractivity contribution in [2.24, 2.45) is 0 Å². The highest BCUT2D eigenvalue weighted by Crippen LogP contribution is 2.52. The van der Waals surface area contributed by atoms with Gasteiger partial charge in [0.25, 0.3) is 0 Å². The van der Waals surface area contributed by atoms with Crippen LogP contribution < -0.4 is 25.4 Å². The summed E-state index contributed by atoms with van der Waals surface area (Å²) >= 11 is 6.03. The van der Waals surface area contributed by atoms with Gasteiger partial charge in [-0.05, 0) is 64.4 Å². The number of nitrogens with one attached hydrogen (secondary N) is 1. The van der Waals surface area contributed by atoms with Crippen LogP contribution in [0.5, 0.6) is 11.9 Å². The number of fused-ring (bicyclic) bond motifs is 1. The molecule has 3 aromatic rings. The van der Waals surface area contributed by atoms with E-state index < -0.39 is 45.5 Å². The van der Waals surface area contributed by atoms with Crippen LogP contribution in [0.2, 0.25) is 5.02 Å². The van der Waals surface area contributed by atoms with Crippen molar-refractivity contribution in [1.82, 2.24) is 25.2 Å². The van der Waals surface area contributed by atoms with Crippen molar-refractivity contribution in [3.8, 4) is 23.1 Å². The number of alkyl halides is 4. The number of hydrogen-bond donors (Lipinski definition) is 2. The van der Waals surface area contributed by atoms with Crippen molar-refractivity contribution in [2.75, 3.05) is 57.1 Å². The molecule has 5 heterocycles. The summed E-state index contributed by atoms with van der Waals surface area (Å²) in [5.41, 5.74) is 2.14. The van der Waals surface area contributed by atoms with Crippen molar-refractivity contribution < 1.29 is 31.4 Å². The molecule has 248 valence electrons. The smallest absolute Gasteiger partial charge is 0.418 e. The molecule has 1 spiro atoms. The molecule has 4 aliphatic rings. The lowest BCUT2D eigenvalue weighted by molar-refractivity contribution is -0.137. The van der Waals surface area contributed by atoms with Crippen molar-refractivity contribution in [2.45, 2.75) is 68.4 Å². The lowest BCUT2D eigenvalue weighted by atomic mass is 9.95. The normalized spacial score (nSPS) is 23.8. The summed E-state index contributed by atoms with van der Waals surface area (Å²) < 4.78 is 86.4. The number of halogens is 6. The fourth-order valence-electron chi connectivity index (χ4n) is 7.51. The summed E-state index contributed by atoms with van der Waals surface area (Å²) in [6, 6.07) is 1.81. The molecule has 0 radical (unpaired) electrons. The summed E-state index contributed by atoms with van der Waals surface area (Å²) in [5.74, 6) is -0.863. The van der Waals surface area contributed by atoms with Gasteiger partial charge in [-0.3, -0.25) is 4.90 Å². The molecule has 3 fully saturated rings. The molecular formula is C31H35ClF5N7O2. The van der Waals surface area contributed by atoms with Gasteiger partial charge >= 0.3 is 12.2 Å². The summed E-state index contributed by atoms with van der Waals surface area (Å²) in [4.78, 5) is 17.8. The molecule has 46 heavy (non-hydrogen) atoms. The summed E-state index contributed by atoms with van der Waals surface area (Å²) in [5, 5.41) is 2.61. The molecule has 0 unspecified atom stereocenters. The van der Waals surface area contributed by atoms with E-state index in [1.165, 1.54) is 0 Å². The highest BCUT2D eigenvalue weighted by atomic mass is 35.5. The molecule has 1 saturated carbocycles. The number of rotatable bonds is 8. The van der Waals surface area contributed by atoms with E-state index in [1.807, 2.05) is 7.05 Å². The molecular weight excluding hydrogens is 633 g/mol. The molecule has 0 bridgehead atoms. The average Bonchev–Trinajstić information content (AvgIpc) is 3.56. The van der Waals surface area contributed by atoms with E-state index in [9.17, 15) is 17.6 Å². The maximum absolute atomic E-state index is 16.8.